The van der Waals surface area contributed by atoms with Gasteiger partial charge in [0.05, 0.1) is 24.1 Å². The Labute approximate surface area is 88.7 Å². The maximum atomic E-state index is 5.52. The summed E-state index contributed by atoms with van der Waals surface area (Å²) in [5, 5.41) is 4.43. The minimum absolute atomic E-state index is 0.597. The number of nitrogens with zero attached hydrogens (tertiary/aromatic N) is 2. The summed E-state index contributed by atoms with van der Waals surface area (Å²) < 4.78 is 7.31. The van der Waals surface area contributed by atoms with Crippen LogP contribution >= 0.6 is 0 Å². The number of furan rings is 1. The standard InChI is InChI=1S/C11H15N3O/c1-8-11(10-4-3-7-15-10)9(2)14(13-8)6-5-12/h3-4,7H,5-6,12H2,1-2H3. The van der Waals surface area contributed by atoms with E-state index in [-0.39, 0.29) is 0 Å². The summed E-state index contributed by atoms with van der Waals surface area (Å²) in [5.74, 6) is 0.869. The van der Waals surface area contributed by atoms with Crippen molar-refractivity contribution in [2.75, 3.05) is 6.54 Å². The summed E-state index contributed by atoms with van der Waals surface area (Å²) in [6.07, 6.45) is 1.68. The van der Waals surface area contributed by atoms with Gasteiger partial charge in [0.25, 0.3) is 0 Å². The lowest BCUT2D eigenvalue weighted by molar-refractivity contribution is 0.580. The van der Waals surface area contributed by atoms with E-state index < -0.39 is 0 Å². The van der Waals surface area contributed by atoms with Gasteiger partial charge in [0.2, 0.25) is 0 Å². The van der Waals surface area contributed by atoms with E-state index in [4.69, 9.17) is 10.2 Å². The van der Waals surface area contributed by atoms with Crippen LogP contribution in [0.25, 0.3) is 11.3 Å². The molecule has 2 N–H and O–H groups in total. The van der Waals surface area contributed by atoms with E-state index in [2.05, 4.69) is 5.10 Å². The number of aryl methyl sites for hydroxylation is 1. The monoisotopic (exact) mass is 205 g/mol. The van der Waals surface area contributed by atoms with Gasteiger partial charge in [-0.1, -0.05) is 0 Å². The third-order valence-corrected chi connectivity index (χ3v) is 2.49. The van der Waals surface area contributed by atoms with Gasteiger partial charge in [-0.05, 0) is 26.0 Å². The summed E-state index contributed by atoms with van der Waals surface area (Å²) in [7, 11) is 0. The number of hydrogen-bond donors (Lipinski definition) is 1. The number of nitrogens with two attached hydrogens (primary N) is 1. The normalized spacial score (nSPS) is 10.9. The average molecular weight is 205 g/mol. The van der Waals surface area contributed by atoms with Crippen molar-refractivity contribution in [1.82, 2.24) is 9.78 Å². The van der Waals surface area contributed by atoms with Gasteiger partial charge in [-0.25, -0.2) is 0 Å². The van der Waals surface area contributed by atoms with Gasteiger partial charge in [0.1, 0.15) is 5.76 Å². The molecule has 0 aromatic carbocycles. The second-order valence-electron chi connectivity index (χ2n) is 3.53. The topological polar surface area (TPSA) is 57.0 Å². The van der Waals surface area contributed by atoms with Crippen molar-refractivity contribution in [3.63, 3.8) is 0 Å². The maximum Gasteiger partial charge on any atom is 0.137 e. The van der Waals surface area contributed by atoms with Crippen molar-refractivity contribution < 1.29 is 4.42 Å². The fourth-order valence-corrected chi connectivity index (χ4v) is 1.81. The molecule has 4 nitrogen and oxygen atoms in total. The highest BCUT2D eigenvalue weighted by atomic mass is 16.3. The quantitative estimate of drug-likeness (QED) is 0.830. The van der Waals surface area contributed by atoms with Gasteiger partial charge in [-0.15, -0.1) is 0 Å². The van der Waals surface area contributed by atoms with Crippen LogP contribution in [0.4, 0.5) is 0 Å². The van der Waals surface area contributed by atoms with Crippen LogP contribution in [0.2, 0.25) is 0 Å². The number of rotatable bonds is 3. The first kappa shape index (κ1) is 9.98. The fraction of sp³-hybridized carbons (Fsp3) is 0.364. The SMILES string of the molecule is Cc1nn(CCN)c(C)c1-c1ccco1. The zero-order valence-corrected chi connectivity index (χ0v) is 9.03. The zero-order valence-electron chi connectivity index (χ0n) is 9.03. The molecule has 0 saturated heterocycles. The van der Waals surface area contributed by atoms with Crippen LogP contribution in [-0.2, 0) is 6.54 Å². The van der Waals surface area contributed by atoms with Crippen LogP contribution in [0.3, 0.4) is 0 Å². The van der Waals surface area contributed by atoms with Gasteiger partial charge in [-0.2, -0.15) is 5.10 Å². The molecule has 0 unspecified atom stereocenters. The van der Waals surface area contributed by atoms with Crippen LogP contribution < -0.4 is 5.73 Å². The Kier molecular flexibility index (Phi) is 2.60. The predicted molar refractivity (Wildman–Crippen MR) is 58.5 cm³/mol. The van der Waals surface area contributed by atoms with Gasteiger partial charge in [0.15, 0.2) is 0 Å². The van der Waals surface area contributed by atoms with Crippen LogP contribution in [0.5, 0.6) is 0 Å². The Morgan fingerprint density at radius 1 is 1.47 bits per heavy atom. The molecule has 0 aliphatic heterocycles. The summed E-state index contributed by atoms with van der Waals surface area (Å²) in [4.78, 5) is 0. The zero-order chi connectivity index (χ0) is 10.8. The molecule has 0 radical (unpaired) electrons. The van der Waals surface area contributed by atoms with E-state index in [0.29, 0.717) is 6.54 Å². The molecule has 0 amide bonds. The average Bonchev–Trinajstić information content (AvgIpc) is 2.77. The fourth-order valence-electron chi connectivity index (χ4n) is 1.81. The Morgan fingerprint density at radius 3 is 2.87 bits per heavy atom. The Bertz CT molecular complexity index is 443. The highest BCUT2D eigenvalue weighted by molar-refractivity contribution is 5.63. The van der Waals surface area contributed by atoms with Crippen LogP contribution in [-0.4, -0.2) is 16.3 Å². The first-order valence-electron chi connectivity index (χ1n) is 5.02. The highest BCUT2D eigenvalue weighted by Gasteiger charge is 2.14. The van der Waals surface area contributed by atoms with E-state index in [9.17, 15) is 0 Å². The molecular weight excluding hydrogens is 190 g/mol. The van der Waals surface area contributed by atoms with Crippen molar-refractivity contribution in [2.24, 2.45) is 5.73 Å². The van der Waals surface area contributed by atoms with Crippen LogP contribution in [0.15, 0.2) is 22.8 Å². The van der Waals surface area contributed by atoms with Crippen molar-refractivity contribution in [3.8, 4) is 11.3 Å². The van der Waals surface area contributed by atoms with Gasteiger partial charge in [-0.3, -0.25) is 4.68 Å². The maximum absolute atomic E-state index is 5.52. The van der Waals surface area contributed by atoms with Crippen LogP contribution in [0, 0.1) is 13.8 Å². The molecular formula is C11H15N3O. The molecule has 2 aromatic heterocycles. The minimum Gasteiger partial charge on any atom is -0.464 e. The first-order chi connectivity index (χ1) is 7.24. The molecule has 2 heterocycles. The van der Waals surface area contributed by atoms with Crippen LogP contribution in [0.1, 0.15) is 11.4 Å². The van der Waals surface area contributed by atoms with E-state index in [1.54, 1.807) is 6.26 Å². The van der Waals surface area contributed by atoms with Gasteiger partial charge >= 0.3 is 0 Å². The molecule has 0 aliphatic carbocycles. The van der Waals surface area contributed by atoms with Crippen molar-refractivity contribution in [3.05, 3.63) is 29.8 Å². The molecule has 0 spiro atoms. The summed E-state index contributed by atoms with van der Waals surface area (Å²) in [5.41, 5.74) is 8.69. The first-order valence-corrected chi connectivity index (χ1v) is 5.02. The summed E-state index contributed by atoms with van der Waals surface area (Å²) in [6, 6.07) is 3.83. The molecule has 0 atom stereocenters. The molecule has 80 valence electrons. The molecule has 15 heavy (non-hydrogen) atoms. The van der Waals surface area contributed by atoms with Gasteiger partial charge < -0.3 is 10.2 Å². The van der Waals surface area contributed by atoms with Crippen molar-refractivity contribution in [1.29, 1.82) is 0 Å². The third-order valence-electron chi connectivity index (χ3n) is 2.49. The predicted octanol–water partition coefficient (Wildman–Crippen LogP) is 1.72. The Balaban J connectivity index is 2.48. The molecule has 2 rings (SSSR count). The lowest BCUT2D eigenvalue weighted by Crippen LogP contribution is -2.12. The van der Waals surface area contributed by atoms with Crippen molar-refractivity contribution in [2.45, 2.75) is 20.4 Å². The second-order valence-corrected chi connectivity index (χ2v) is 3.53. The molecule has 0 saturated carbocycles. The molecule has 0 aliphatic rings. The summed E-state index contributed by atoms with van der Waals surface area (Å²) >= 11 is 0. The smallest absolute Gasteiger partial charge is 0.137 e. The molecule has 4 heteroatoms. The number of aromatic nitrogens is 2. The van der Waals surface area contributed by atoms with E-state index >= 15 is 0 Å². The highest BCUT2D eigenvalue weighted by Crippen LogP contribution is 2.26. The molecule has 0 fully saturated rings. The minimum atomic E-state index is 0.597. The summed E-state index contributed by atoms with van der Waals surface area (Å²) in [6.45, 7) is 5.36. The van der Waals surface area contributed by atoms with E-state index in [0.717, 1.165) is 29.3 Å². The Hall–Kier alpha value is -1.55. The van der Waals surface area contributed by atoms with E-state index in [1.807, 2.05) is 30.7 Å². The number of hydrogen-bond acceptors (Lipinski definition) is 3. The second kappa shape index (κ2) is 3.90. The lowest BCUT2D eigenvalue weighted by atomic mass is 10.1. The van der Waals surface area contributed by atoms with Crippen molar-refractivity contribution >= 4 is 0 Å². The molecule has 2 aromatic rings. The Morgan fingerprint density at radius 2 is 2.27 bits per heavy atom. The third kappa shape index (κ3) is 1.68. The lowest BCUT2D eigenvalue weighted by Gasteiger charge is -2.01. The largest absolute Gasteiger partial charge is 0.464 e. The molecule has 0 bridgehead atoms. The van der Waals surface area contributed by atoms with Gasteiger partial charge in [0, 0.05) is 12.2 Å². The van der Waals surface area contributed by atoms with E-state index in [1.165, 1.54) is 0 Å².